The van der Waals surface area contributed by atoms with E-state index in [1.165, 1.54) is 42.0 Å². The van der Waals surface area contributed by atoms with Gasteiger partial charge in [0.25, 0.3) is 0 Å². The van der Waals surface area contributed by atoms with Gasteiger partial charge in [0, 0.05) is 22.9 Å². The summed E-state index contributed by atoms with van der Waals surface area (Å²) in [6, 6.07) is 22.9. The predicted molar refractivity (Wildman–Crippen MR) is 114 cm³/mol. The van der Waals surface area contributed by atoms with Crippen LogP contribution in [0.1, 0.15) is 31.2 Å². The Morgan fingerprint density at radius 1 is 0.750 bits per heavy atom. The summed E-state index contributed by atoms with van der Waals surface area (Å²) in [4.78, 5) is 3.52. The van der Waals surface area contributed by atoms with Crippen LogP contribution in [0.3, 0.4) is 0 Å². The molecule has 0 bridgehead atoms. The quantitative estimate of drug-likeness (QED) is 0.421. The third-order valence-electron chi connectivity index (χ3n) is 5.75. The zero-order valence-corrected chi connectivity index (χ0v) is 16.0. The van der Waals surface area contributed by atoms with Crippen LogP contribution in [0.15, 0.2) is 66.7 Å². The van der Waals surface area contributed by atoms with Gasteiger partial charge >= 0.3 is 0 Å². The second kappa shape index (κ2) is 7.59. The molecule has 1 aliphatic rings. The molecule has 1 N–H and O–H groups in total. The molecule has 3 heteroatoms. The number of hydrogen-bond acceptors (Lipinski definition) is 2. The Hall–Kier alpha value is -2.94. The van der Waals surface area contributed by atoms with Crippen LogP contribution in [0.2, 0.25) is 0 Å². The number of rotatable bonds is 6. The number of hydrogen-bond donors (Lipinski definition) is 1. The Labute approximate surface area is 165 Å². The third-order valence-corrected chi connectivity index (χ3v) is 5.75. The fraction of sp³-hybridized carbons (Fsp3) is 0.280. The molecule has 4 aromatic rings. The molecule has 1 aliphatic carbocycles. The van der Waals surface area contributed by atoms with E-state index >= 15 is 0 Å². The van der Waals surface area contributed by atoms with Gasteiger partial charge in [0.1, 0.15) is 18.1 Å². The maximum Gasteiger partial charge on any atom is 0.121 e. The maximum atomic E-state index is 6.06. The molecule has 142 valence electrons. The Bertz CT molecular complexity index is 1080. The Balaban J connectivity index is 1.34. The number of aromatic nitrogens is 1. The number of fused-ring (bicyclic) bond motifs is 3. The SMILES string of the molecule is c1ccc(COc2ccc3c(c2)[nH]c2cc(OCC4CCCC4)ccc23)cc1. The van der Waals surface area contributed by atoms with Gasteiger partial charge in [0.05, 0.1) is 17.6 Å². The molecule has 1 heterocycles. The number of ether oxygens (including phenoxy) is 2. The van der Waals surface area contributed by atoms with Gasteiger partial charge in [-0.1, -0.05) is 43.2 Å². The first-order valence-electron chi connectivity index (χ1n) is 10.2. The molecule has 5 rings (SSSR count). The first kappa shape index (κ1) is 17.2. The molecular weight excluding hydrogens is 346 g/mol. The van der Waals surface area contributed by atoms with E-state index in [0.29, 0.717) is 6.61 Å². The lowest BCUT2D eigenvalue weighted by molar-refractivity contribution is 0.252. The smallest absolute Gasteiger partial charge is 0.121 e. The molecule has 0 amide bonds. The van der Waals surface area contributed by atoms with E-state index in [1.807, 2.05) is 24.3 Å². The van der Waals surface area contributed by atoms with Crippen molar-refractivity contribution in [2.75, 3.05) is 6.61 Å². The van der Waals surface area contributed by atoms with Crippen molar-refractivity contribution in [3.8, 4) is 11.5 Å². The molecular formula is C25H25NO2. The average molecular weight is 371 g/mol. The maximum absolute atomic E-state index is 6.06. The second-order valence-electron chi connectivity index (χ2n) is 7.78. The van der Waals surface area contributed by atoms with Crippen molar-refractivity contribution in [3.05, 3.63) is 72.3 Å². The van der Waals surface area contributed by atoms with Gasteiger partial charge in [0.2, 0.25) is 0 Å². The zero-order valence-electron chi connectivity index (χ0n) is 16.0. The van der Waals surface area contributed by atoms with Gasteiger partial charge in [-0.15, -0.1) is 0 Å². The van der Waals surface area contributed by atoms with E-state index in [1.54, 1.807) is 0 Å². The first-order chi connectivity index (χ1) is 13.8. The minimum Gasteiger partial charge on any atom is -0.493 e. The predicted octanol–water partition coefficient (Wildman–Crippen LogP) is 6.47. The first-order valence-corrected chi connectivity index (χ1v) is 10.2. The van der Waals surface area contributed by atoms with Crippen LogP contribution < -0.4 is 9.47 Å². The van der Waals surface area contributed by atoms with Crippen molar-refractivity contribution < 1.29 is 9.47 Å². The molecule has 28 heavy (non-hydrogen) atoms. The van der Waals surface area contributed by atoms with E-state index in [2.05, 4.69) is 47.4 Å². The van der Waals surface area contributed by atoms with Crippen molar-refractivity contribution in [2.45, 2.75) is 32.3 Å². The van der Waals surface area contributed by atoms with Gasteiger partial charge in [-0.2, -0.15) is 0 Å². The third kappa shape index (κ3) is 3.57. The Morgan fingerprint density at radius 2 is 1.39 bits per heavy atom. The molecule has 1 fully saturated rings. The molecule has 3 nitrogen and oxygen atoms in total. The fourth-order valence-corrected chi connectivity index (χ4v) is 4.18. The molecule has 0 aliphatic heterocycles. The second-order valence-corrected chi connectivity index (χ2v) is 7.78. The lowest BCUT2D eigenvalue weighted by Gasteiger charge is -2.11. The molecule has 3 aromatic carbocycles. The van der Waals surface area contributed by atoms with Crippen LogP contribution in [-0.4, -0.2) is 11.6 Å². The molecule has 0 radical (unpaired) electrons. The van der Waals surface area contributed by atoms with Gasteiger partial charge in [0.15, 0.2) is 0 Å². The summed E-state index contributed by atoms with van der Waals surface area (Å²) in [5.74, 6) is 2.55. The van der Waals surface area contributed by atoms with E-state index in [-0.39, 0.29) is 0 Å². The molecule has 1 saturated carbocycles. The van der Waals surface area contributed by atoms with Crippen LogP contribution in [0, 0.1) is 5.92 Å². The van der Waals surface area contributed by atoms with Crippen molar-refractivity contribution >= 4 is 21.8 Å². The van der Waals surface area contributed by atoms with Crippen LogP contribution >= 0.6 is 0 Å². The summed E-state index contributed by atoms with van der Waals surface area (Å²) in [6.07, 6.45) is 5.31. The van der Waals surface area contributed by atoms with E-state index < -0.39 is 0 Å². The highest BCUT2D eigenvalue weighted by Crippen LogP contribution is 2.32. The summed E-state index contributed by atoms with van der Waals surface area (Å²) >= 11 is 0. The van der Waals surface area contributed by atoms with E-state index in [4.69, 9.17) is 9.47 Å². The van der Waals surface area contributed by atoms with Crippen molar-refractivity contribution in [3.63, 3.8) is 0 Å². The summed E-state index contributed by atoms with van der Waals surface area (Å²) in [5.41, 5.74) is 3.37. The van der Waals surface area contributed by atoms with Crippen LogP contribution in [0.5, 0.6) is 11.5 Å². The summed E-state index contributed by atoms with van der Waals surface area (Å²) in [5, 5.41) is 2.43. The number of aromatic amines is 1. The standard InChI is InChI=1S/C25H25NO2/c1-2-6-18(7-3-1)16-27-20-10-12-22-23-13-11-21(15-25(23)26-24(22)14-20)28-17-19-8-4-5-9-19/h1-3,6-7,10-15,19,26H,4-5,8-9,16-17H2. The van der Waals surface area contributed by atoms with Gasteiger partial charge < -0.3 is 14.5 Å². The monoisotopic (exact) mass is 371 g/mol. The number of H-pyrrole nitrogens is 1. The molecule has 0 unspecified atom stereocenters. The highest BCUT2D eigenvalue weighted by atomic mass is 16.5. The molecule has 0 spiro atoms. The van der Waals surface area contributed by atoms with Crippen LogP contribution in [0.25, 0.3) is 21.8 Å². The lowest BCUT2D eigenvalue weighted by atomic mass is 10.1. The highest BCUT2D eigenvalue weighted by Gasteiger charge is 2.15. The summed E-state index contributed by atoms with van der Waals surface area (Å²) in [6.45, 7) is 1.41. The van der Waals surface area contributed by atoms with Gasteiger partial charge in [-0.25, -0.2) is 0 Å². The number of nitrogens with one attached hydrogen (secondary N) is 1. The zero-order chi connectivity index (χ0) is 18.8. The minimum absolute atomic E-state index is 0.575. The molecule has 0 atom stereocenters. The van der Waals surface area contributed by atoms with Crippen molar-refractivity contribution in [2.24, 2.45) is 5.92 Å². The van der Waals surface area contributed by atoms with Gasteiger partial charge in [-0.05, 0) is 48.6 Å². The Kier molecular flexibility index (Phi) is 4.66. The Morgan fingerprint density at radius 3 is 2.07 bits per heavy atom. The topological polar surface area (TPSA) is 34.2 Å². The minimum atomic E-state index is 0.575. The highest BCUT2D eigenvalue weighted by molar-refractivity contribution is 6.07. The largest absolute Gasteiger partial charge is 0.493 e. The fourth-order valence-electron chi connectivity index (χ4n) is 4.18. The molecule has 1 aromatic heterocycles. The van der Waals surface area contributed by atoms with Crippen molar-refractivity contribution in [1.82, 2.24) is 4.98 Å². The summed E-state index contributed by atoms with van der Waals surface area (Å²) in [7, 11) is 0. The normalized spacial score (nSPS) is 14.7. The van der Waals surface area contributed by atoms with Gasteiger partial charge in [-0.3, -0.25) is 0 Å². The van der Waals surface area contributed by atoms with Crippen LogP contribution in [-0.2, 0) is 6.61 Å². The van der Waals surface area contributed by atoms with Crippen molar-refractivity contribution in [1.29, 1.82) is 0 Å². The molecule has 0 saturated heterocycles. The van der Waals surface area contributed by atoms with E-state index in [9.17, 15) is 0 Å². The summed E-state index contributed by atoms with van der Waals surface area (Å²) < 4.78 is 12.0. The van der Waals surface area contributed by atoms with Crippen LogP contribution in [0.4, 0.5) is 0 Å². The van der Waals surface area contributed by atoms with E-state index in [0.717, 1.165) is 35.1 Å². The average Bonchev–Trinajstić information content (AvgIpc) is 3.38. The number of benzene rings is 3. The lowest BCUT2D eigenvalue weighted by Crippen LogP contribution is -2.07.